The number of nitrogens with two attached hydrogens (primary N) is 1. The Bertz CT molecular complexity index is 688. The van der Waals surface area contributed by atoms with Crippen LogP contribution in [0.1, 0.15) is 17.1 Å². The summed E-state index contributed by atoms with van der Waals surface area (Å²) in [4.78, 5) is 0. The second kappa shape index (κ2) is 5.69. The minimum atomic E-state index is -3.68. The van der Waals surface area contributed by atoms with Gasteiger partial charge in [-0.1, -0.05) is 0 Å². The average molecular weight is 299 g/mol. The van der Waals surface area contributed by atoms with Crippen molar-refractivity contribution in [2.45, 2.75) is 24.9 Å². The van der Waals surface area contributed by atoms with E-state index in [-0.39, 0.29) is 18.1 Å². The molecule has 2 aromatic heterocycles. The lowest BCUT2D eigenvalue weighted by atomic mass is 10.3. The number of sulfonamides is 1. The van der Waals surface area contributed by atoms with E-state index >= 15 is 0 Å². The molecular weight excluding hydrogens is 282 g/mol. The molecular formula is C10H17N7O2S. The molecule has 0 spiro atoms. The third-order valence-corrected chi connectivity index (χ3v) is 4.37. The lowest BCUT2D eigenvalue weighted by Crippen LogP contribution is -2.28. The Morgan fingerprint density at radius 1 is 1.50 bits per heavy atom. The van der Waals surface area contributed by atoms with Crippen LogP contribution in [-0.2, 0) is 30.0 Å². The molecule has 2 rings (SSSR count). The van der Waals surface area contributed by atoms with Crippen molar-refractivity contribution < 1.29 is 8.42 Å². The number of aromatic amines is 1. The van der Waals surface area contributed by atoms with E-state index in [9.17, 15) is 8.42 Å². The van der Waals surface area contributed by atoms with Crippen LogP contribution in [0.5, 0.6) is 0 Å². The van der Waals surface area contributed by atoms with E-state index in [1.165, 1.54) is 0 Å². The fraction of sp³-hybridized carbons (Fsp3) is 0.500. The van der Waals surface area contributed by atoms with Gasteiger partial charge in [0, 0.05) is 37.8 Å². The number of rotatable bonds is 6. The molecule has 0 unspecified atom stereocenters. The van der Waals surface area contributed by atoms with E-state index in [1.807, 2.05) is 0 Å². The average Bonchev–Trinajstić information content (AvgIpc) is 2.96. The summed E-state index contributed by atoms with van der Waals surface area (Å²) < 4.78 is 28.5. The monoisotopic (exact) mass is 299 g/mol. The van der Waals surface area contributed by atoms with Gasteiger partial charge in [0.1, 0.15) is 12.2 Å². The molecule has 110 valence electrons. The van der Waals surface area contributed by atoms with Crippen LogP contribution in [-0.4, -0.2) is 39.9 Å². The van der Waals surface area contributed by atoms with E-state index in [0.29, 0.717) is 23.5 Å². The predicted molar refractivity (Wildman–Crippen MR) is 71.1 cm³/mol. The van der Waals surface area contributed by atoms with Gasteiger partial charge < -0.3 is 10.3 Å². The van der Waals surface area contributed by atoms with Crippen LogP contribution in [0.3, 0.4) is 0 Å². The van der Waals surface area contributed by atoms with Crippen molar-refractivity contribution in [3.63, 3.8) is 0 Å². The molecule has 0 saturated heterocycles. The third-order valence-electron chi connectivity index (χ3n) is 2.94. The highest BCUT2D eigenvalue weighted by molar-refractivity contribution is 7.89. The van der Waals surface area contributed by atoms with Crippen molar-refractivity contribution in [2.24, 2.45) is 12.8 Å². The molecule has 4 N–H and O–H groups in total. The van der Waals surface area contributed by atoms with Crippen molar-refractivity contribution in [2.75, 3.05) is 6.54 Å². The first kappa shape index (κ1) is 14.6. The van der Waals surface area contributed by atoms with Crippen LogP contribution in [0, 0.1) is 6.92 Å². The molecule has 0 aromatic carbocycles. The summed E-state index contributed by atoms with van der Waals surface area (Å²) in [6.45, 7) is 2.06. The van der Waals surface area contributed by atoms with Gasteiger partial charge in [0.2, 0.25) is 0 Å². The molecule has 20 heavy (non-hydrogen) atoms. The summed E-state index contributed by atoms with van der Waals surface area (Å²) in [5, 5.41) is 14.0. The molecule has 0 bridgehead atoms. The number of nitrogens with zero attached hydrogens (tertiary/aromatic N) is 4. The molecule has 0 fully saturated rings. The minimum Gasteiger partial charge on any atom is -0.326 e. The highest BCUT2D eigenvalue weighted by Gasteiger charge is 2.22. The van der Waals surface area contributed by atoms with Crippen LogP contribution in [0.2, 0.25) is 0 Å². The second-order valence-corrected chi connectivity index (χ2v) is 6.02. The van der Waals surface area contributed by atoms with Crippen LogP contribution >= 0.6 is 0 Å². The molecule has 0 radical (unpaired) electrons. The Hall–Kier alpha value is -1.78. The van der Waals surface area contributed by atoms with Crippen LogP contribution < -0.4 is 10.5 Å². The molecule has 9 nitrogen and oxygen atoms in total. The van der Waals surface area contributed by atoms with Crippen molar-refractivity contribution in [3.05, 3.63) is 23.4 Å². The van der Waals surface area contributed by atoms with Gasteiger partial charge in [-0.05, 0) is 6.92 Å². The number of H-pyrrole nitrogens is 1. The smallest absolute Gasteiger partial charge is 0.260 e. The maximum absolute atomic E-state index is 12.1. The molecule has 0 atom stereocenters. The first-order valence-electron chi connectivity index (χ1n) is 6.02. The largest absolute Gasteiger partial charge is 0.326 e. The van der Waals surface area contributed by atoms with E-state index in [4.69, 9.17) is 5.73 Å². The normalized spacial score (nSPS) is 11.9. The summed E-state index contributed by atoms with van der Waals surface area (Å²) in [6.07, 6.45) is 2.00. The van der Waals surface area contributed by atoms with Crippen molar-refractivity contribution >= 4 is 10.0 Å². The highest BCUT2D eigenvalue weighted by Crippen LogP contribution is 2.14. The molecule has 2 heterocycles. The van der Waals surface area contributed by atoms with Crippen molar-refractivity contribution in [1.29, 1.82) is 0 Å². The van der Waals surface area contributed by atoms with E-state index < -0.39 is 10.0 Å². The standard InChI is InChI=1S/C10H17N7O2S/c1-7-8(5-11)10(16-14-7)20(18,19)13-4-3-9-15-12-6-17(9)2/h6,13H,3-5,11H2,1-2H3,(H,14,16). The van der Waals surface area contributed by atoms with E-state index in [0.717, 1.165) is 0 Å². The zero-order valence-corrected chi connectivity index (χ0v) is 12.1. The van der Waals surface area contributed by atoms with Crippen molar-refractivity contribution in [1.82, 2.24) is 29.7 Å². The number of nitrogens with one attached hydrogen (secondary N) is 2. The van der Waals surface area contributed by atoms with Gasteiger partial charge in [0.05, 0.1) is 0 Å². The Morgan fingerprint density at radius 3 is 2.85 bits per heavy atom. The highest BCUT2D eigenvalue weighted by atomic mass is 32.2. The lowest BCUT2D eigenvalue weighted by Gasteiger charge is -2.05. The van der Waals surface area contributed by atoms with Crippen LogP contribution in [0.15, 0.2) is 11.4 Å². The molecule has 2 aromatic rings. The Labute approximate surface area is 116 Å². The summed E-state index contributed by atoms with van der Waals surface area (Å²) in [5.74, 6) is 0.699. The summed E-state index contributed by atoms with van der Waals surface area (Å²) >= 11 is 0. The summed E-state index contributed by atoms with van der Waals surface area (Å²) in [6, 6.07) is 0. The third kappa shape index (κ3) is 2.86. The van der Waals surface area contributed by atoms with Crippen LogP contribution in [0.4, 0.5) is 0 Å². The van der Waals surface area contributed by atoms with Gasteiger partial charge in [-0.25, -0.2) is 13.1 Å². The quantitative estimate of drug-likeness (QED) is 0.615. The molecule has 10 heteroatoms. The molecule has 0 saturated carbocycles. The second-order valence-electron chi connectivity index (χ2n) is 4.34. The zero-order chi connectivity index (χ0) is 14.8. The predicted octanol–water partition coefficient (Wildman–Crippen LogP) is -1.17. The fourth-order valence-electron chi connectivity index (χ4n) is 1.79. The first-order chi connectivity index (χ1) is 9.45. The molecule has 0 aliphatic carbocycles. The number of aromatic nitrogens is 5. The van der Waals surface area contributed by atoms with E-state index in [2.05, 4.69) is 25.1 Å². The van der Waals surface area contributed by atoms with Crippen LogP contribution in [0.25, 0.3) is 0 Å². The first-order valence-corrected chi connectivity index (χ1v) is 7.50. The van der Waals surface area contributed by atoms with Gasteiger partial charge in [-0.2, -0.15) is 5.10 Å². The Kier molecular flexibility index (Phi) is 4.16. The van der Waals surface area contributed by atoms with Gasteiger partial charge in [0.25, 0.3) is 10.0 Å². The topological polar surface area (TPSA) is 132 Å². The Balaban J connectivity index is 2.06. The number of hydrogen-bond donors (Lipinski definition) is 3. The maximum atomic E-state index is 12.1. The van der Waals surface area contributed by atoms with Gasteiger partial charge in [-0.3, -0.25) is 5.10 Å². The Morgan fingerprint density at radius 2 is 2.25 bits per heavy atom. The maximum Gasteiger partial charge on any atom is 0.260 e. The molecule has 0 aliphatic rings. The van der Waals surface area contributed by atoms with E-state index in [1.54, 1.807) is 24.9 Å². The SMILES string of the molecule is Cc1[nH]nc(S(=O)(=O)NCCc2nncn2C)c1CN. The molecule has 0 amide bonds. The number of aryl methyl sites for hydroxylation is 2. The summed E-state index contributed by atoms with van der Waals surface area (Å²) in [5.41, 5.74) is 6.69. The zero-order valence-electron chi connectivity index (χ0n) is 11.3. The van der Waals surface area contributed by atoms with Gasteiger partial charge >= 0.3 is 0 Å². The lowest BCUT2D eigenvalue weighted by molar-refractivity contribution is 0.574. The molecule has 0 aliphatic heterocycles. The van der Waals surface area contributed by atoms with Crippen molar-refractivity contribution in [3.8, 4) is 0 Å². The fourth-order valence-corrected chi connectivity index (χ4v) is 3.03. The number of hydrogen-bond acceptors (Lipinski definition) is 6. The van der Waals surface area contributed by atoms with Gasteiger partial charge in [0.15, 0.2) is 5.03 Å². The van der Waals surface area contributed by atoms with Gasteiger partial charge in [-0.15, -0.1) is 10.2 Å². The summed E-state index contributed by atoms with van der Waals surface area (Å²) in [7, 11) is -1.88. The minimum absolute atomic E-state index is 0.0459.